The lowest BCUT2D eigenvalue weighted by Gasteiger charge is -2.23. The first-order valence-electron chi connectivity index (χ1n) is 9.74. The highest BCUT2D eigenvalue weighted by Crippen LogP contribution is 2.28. The van der Waals surface area contributed by atoms with Crippen molar-refractivity contribution in [3.8, 4) is 5.75 Å². The SMILES string of the molecule is CCCN(CCC)c1ccc(C=CC(=O)c2ccc3c(c2)NC(=O)CO3)cc1. The van der Waals surface area contributed by atoms with Crippen LogP contribution in [0.2, 0.25) is 0 Å². The molecule has 1 amide bonds. The molecule has 0 saturated heterocycles. The largest absolute Gasteiger partial charge is 0.482 e. The number of amides is 1. The number of benzene rings is 2. The molecule has 0 aliphatic carbocycles. The lowest BCUT2D eigenvalue weighted by atomic mass is 10.1. The molecule has 0 spiro atoms. The molecule has 28 heavy (non-hydrogen) atoms. The number of fused-ring (bicyclic) bond motifs is 1. The van der Waals surface area contributed by atoms with E-state index in [0.717, 1.165) is 31.5 Å². The van der Waals surface area contributed by atoms with Crippen LogP contribution < -0.4 is 15.0 Å². The lowest BCUT2D eigenvalue weighted by molar-refractivity contribution is -0.118. The first-order valence-corrected chi connectivity index (χ1v) is 9.74. The zero-order valence-electron chi connectivity index (χ0n) is 16.4. The van der Waals surface area contributed by atoms with Gasteiger partial charge in [-0.15, -0.1) is 0 Å². The third kappa shape index (κ3) is 4.80. The molecular formula is C23H26N2O3. The maximum atomic E-state index is 12.5. The second kappa shape index (κ2) is 9.22. The standard InChI is InChI=1S/C23H26N2O3/c1-3-13-25(14-4-2)19-9-5-17(6-10-19)7-11-21(26)18-8-12-22-20(15-18)24-23(27)16-28-22/h5-12,15H,3-4,13-14,16H2,1-2H3,(H,24,27). The first-order chi connectivity index (χ1) is 13.6. The predicted molar refractivity (Wildman–Crippen MR) is 113 cm³/mol. The van der Waals surface area contributed by atoms with Crippen LogP contribution in [0.5, 0.6) is 5.75 Å². The number of hydrogen-bond donors (Lipinski definition) is 1. The van der Waals surface area contributed by atoms with Crippen molar-refractivity contribution in [3.05, 3.63) is 59.7 Å². The monoisotopic (exact) mass is 378 g/mol. The Morgan fingerprint density at radius 1 is 1.11 bits per heavy atom. The highest BCUT2D eigenvalue weighted by Gasteiger charge is 2.17. The maximum Gasteiger partial charge on any atom is 0.262 e. The summed E-state index contributed by atoms with van der Waals surface area (Å²) in [5.74, 6) is 0.248. The highest BCUT2D eigenvalue weighted by molar-refractivity contribution is 6.08. The average Bonchev–Trinajstić information content (AvgIpc) is 2.71. The normalized spacial score (nSPS) is 13.0. The van der Waals surface area contributed by atoms with Crippen LogP contribution in [-0.4, -0.2) is 31.4 Å². The third-order valence-corrected chi connectivity index (χ3v) is 4.57. The number of carbonyl (C=O) groups is 2. The molecule has 1 aliphatic rings. The fourth-order valence-corrected chi connectivity index (χ4v) is 3.21. The summed E-state index contributed by atoms with van der Waals surface area (Å²) < 4.78 is 5.32. The molecule has 5 nitrogen and oxygen atoms in total. The molecule has 3 rings (SSSR count). The smallest absolute Gasteiger partial charge is 0.262 e. The van der Waals surface area contributed by atoms with Crippen LogP contribution in [0.3, 0.4) is 0 Å². The van der Waals surface area contributed by atoms with Crippen LogP contribution in [0.15, 0.2) is 48.5 Å². The van der Waals surface area contributed by atoms with E-state index in [0.29, 0.717) is 17.0 Å². The van der Waals surface area contributed by atoms with E-state index in [4.69, 9.17) is 4.74 Å². The Morgan fingerprint density at radius 2 is 1.82 bits per heavy atom. The molecule has 146 valence electrons. The number of anilines is 2. The number of nitrogens with one attached hydrogen (secondary N) is 1. The molecular weight excluding hydrogens is 352 g/mol. The summed E-state index contributed by atoms with van der Waals surface area (Å²) in [7, 11) is 0. The van der Waals surface area contributed by atoms with Gasteiger partial charge in [-0.3, -0.25) is 9.59 Å². The Morgan fingerprint density at radius 3 is 2.50 bits per heavy atom. The van der Waals surface area contributed by atoms with E-state index < -0.39 is 0 Å². The third-order valence-electron chi connectivity index (χ3n) is 4.57. The highest BCUT2D eigenvalue weighted by atomic mass is 16.5. The molecule has 0 aromatic heterocycles. The number of carbonyl (C=O) groups excluding carboxylic acids is 2. The maximum absolute atomic E-state index is 12.5. The predicted octanol–water partition coefficient (Wildman–Crippen LogP) is 4.54. The molecule has 0 atom stereocenters. The topological polar surface area (TPSA) is 58.6 Å². The molecule has 1 heterocycles. The number of nitrogens with zero attached hydrogens (tertiary/aromatic N) is 1. The zero-order valence-corrected chi connectivity index (χ0v) is 16.4. The van der Waals surface area contributed by atoms with Crippen molar-refractivity contribution in [2.45, 2.75) is 26.7 Å². The Labute approximate surface area is 166 Å². The van der Waals surface area contributed by atoms with Gasteiger partial charge in [-0.2, -0.15) is 0 Å². The van der Waals surface area contributed by atoms with E-state index in [1.54, 1.807) is 24.3 Å². The number of ether oxygens (including phenoxy) is 1. The first kappa shape index (κ1) is 19.7. The van der Waals surface area contributed by atoms with Gasteiger partial charge in [-0.1, -0.05) is 32.1 Å². The number of hydrogen-bond acceptors (Lipinski definition) is 4. The summed E-state index contributed by atoms with van der Waals surface area (Å²) in [6.45, 7) is 6.46. The zero-order chi connectivity index (χ0) is 19.9. The second-order valence-electron chi connectivity index (χ2n) is 6.82. The quantitative estimate of drug-likeness (QED) is 0.541. The van der Waals surface area contributed by atoms with Crippen LogP contribution in [0.4, 0.5) is 11.4 Å². The van der Waals surface area contributed by atoms with Crippen LogP contribution in [0.1, 0.15) is 42.6 Å². The van der Waals surface area contributed by atoms with Gasteiger partial charge in [0.1, 0.15) is 5.75 Å². The van der Waals surface area contributed by atoms with Gasteiger partial charge in [0, 0.05) is 24.3 Å². The summed E-state index contributed by atoms with van der Waals surface area (Å²) in [4.78, 5) is 26.3. The number of rotatable bonds is 8. The summed E-state index contributed by atoms with van der Waals surface area (Å²) in [6, 6.07) is 13.3. The Kier molecular flexibility index (Phi) is 6.48. The van der Waals surface area contributed by atoms with Gasteiger partial charge < -0.3 is 15.0 Å². The van der Waals surface area contributed by atoms with Crippen molar-refractivity contribution < 1.29 is 14.3 Å². The van der Waals surface area contributed by atoms with Crippen LogP contribution >= 0.6 is 0 Å². The number of ketones is 1. The van der Waals surface area contributed by atoms with Crippen molar-refractivity contribution in [2.75, 3.05) is 29.9 Å². The van der Waals surface area contributed by atoms with Crippen molar-refractivity contribution in [2.24, 2.45) is 0 Å². The van der Waals surface area contributed by atoms with Gasteiger partial charge in [-0.05, 0) is 54.8 Å². The van der Waals surface area contributed by atoms with Crippen LogP contribution in [0, 0.1) is 0 Å². The van der Waals surface area contributed by atoms with Gasteiger partial charge >= 0.3 is 0 Å². The molecule has 0 bridgehead atoms. The average molecular weight is 378 g/mol. The van der Waals surface area contributed by atoms with Crippen LogP contribution in [0.25, 0.3) is 6.08 Å². The minimum absolute atomic E-state index is 0.00410. The van der Waals surface area contributed by atoms with E-state index in [2.05, 4.69) is 36.2 Å². The van der Waals surface area contributed by atoms with Gasteiger partial charge in [0.2, 0.25) is 0 Å². The molecule has 0 fully saturated rings. The van der Waals surface area contributed by atoms with E-state index in [-0.39, 0.29) is 18.3 Å². The molecule has 2 aromatic carbocycles. The molecule has 0 unspecified atom stereocenters. The second-order valence-corrected chi connectivity index (χ2v) is 6.82. The summed E-state index contributed by atoms with van der Waals surface area (Å²) in [5.41, 5.74) is 3.22. The van der Waals surface area contributed by atoms with E-state index in [1.807, 2.05) is 18.2 Å². The van der Waals surface area contributed by atoms with Gasteiger partial charge in [0.05, 0.1) is 5.69 Å². The van der Waals surface area contributed by atoms with Gasteiger partial charge in [0.15, 0.2) is 12.4 Å². The Bertz CT molecular complexity index is 866. The van der Waals surface area contributed by atoms with Crippen molar-refractivity contribution in [3.63, 3.8) is 0 Å². The summed E-state index contributed by atoms with van der Waals surface area (Å²) >= 11 is 0. The van der Waals surface area contributed by atoms with E-state index in [9.17, 15) is 9.59 Å². The van der Waals surface area contributed by atoms with Crippen LogP contribution in [-0.2, 0) is 4.79 Å². The molecule has 5 heteroatoms. The Hall–Kier alpha value is -3.08. The fourth-order valence-electron chi connectivity index (χ4n) is 3.21. The van der Waals surface area contributed by atoms with Gasteiger partial charge in [-0.25, -0.2) is 0 Å². The summed E-state index contributed by atoms with van der Waals surface area (Å²) in [6.07, 6.45) is 5.59. The summed E-state index contributed by atoms with van der Waals surface area (Å²) in [5, 5.41) is 2.72. The van der Waals surface area contributed by atoms with Crippen molar-refractivity contribution >= 4 is 29.1 Å². The minimum atomic E-state index is -0.215. The molecule has 0 saturated carbocycles. The molecule has 1 N–H and O–H groups in total. The molecule has 2 aromatic rings. The van der Waals surface area contributed by atoms with Gasteiger partial charge in [0.25, 0.3) is 5.91 Å². The fraction of sp³-hybridized carbons (Fsp3) is 0.304. The van der Waals surface area contributed by atoms with Crippen molar-refractivity contribution in [1.29, 1.82) is 0 Å². The lowest BCUT2D eigenvalue weighted by Crippen LogP contribution is -2.25. The van der Waals surface area contributed by atoms with E-state index >= 15 is 0 Å². The number of allylic oxidation sites excluding steroid dienone is 1. The Balaban J connectivity index is 1.69. The molecule has 1 aliphatic heterocycles. The minimum Gasteiger partial charge on any atom is -0.482 e. The molecule has 0 radical (unpaired) electrons. The van der Waals surface area contributed by atoms with Crippen molar-refractivity contribution in [1.82, 2.24) is 0 Å². The van der Waals surface area contributed by atoms with E-state index in [1.165, 1.54) is 5.69 Å².